The summed E-state index contributed by atoms with van der Waals surface area (Å²) in [5, 5.41) is 5.80. The molecule has 0 atom stereocenters. The van der Waals surface area contributed by atoms with Crippen LogP contribution in [0.3, 0.4) is 0 Å². The van der Waals surface area contributed by atoms with Gasteiger partial charge in [0.2, 0.25) is 17.1 Å². The van der Waals surface area contributed by atoms with Crippen molar-refractivity contribution in [3.05, 3.63) is 497 Å². The summed E-state index contributed by atoms with van der Waals surface area (Å²) in [6.45, 7) is 0. The normalized spacial score (nSPS) is 11.3. The summed E-state index contributed by atoms with van der Waals surface area (Å²) < 4.78 is 19.0. The Morgan fingerprint density at radius 3 is 0.570 bits per heavy atom. The Labute approximate surface area is 780 Å². The molecule has 0 amide bonds. The molecule has 634 valence electrons. The predicted molar refractivity (Wildman–Crippen MR) is 555 cm³/mol. The lowest BCUT2D eigenvalue weighted by Crippen LogP contribution is -1.95. The van der Waals surface area contributed by atoms with Gasteiger partial charge in [-0.15, -0.1) is 0 Å². The van der Waals surface area contributed by atoms with E-state index in [1.54, 1.807) is 0 Å². The number of aromatic nitrogens is 6. The van der Waals surface area contributed by atoms with Gasteiger partial charge < -0.3 is 13.3 Å². The Hall–Kier alpha value is -18.2. The summed E-state index contributed by atoms with van der Waals surface area (Å²) in [7, 11) is 0. The molecule has 0 aliphatic heterocycles. The number of benzene rings is 19. The molecule has 0 radical (unpaired) electrons. The lowest BCUT2D eigenvalue weighted by Gasteiger charge is -2.12. The standard InChI is InChI=1S/C46H30N2O.2C40H26N2O/c1-3-9-31(10-4-1)33-15-19-35(20-16-33)37-23-27-39(28-24-37)44-43-41-13-7-8-14-42(41)49-46(43)48-45(47-44)40-29-25-38(26-30-40)36-21-17-34(18-22-36)32-11-5-2-6-12-32;1-4-13-27(14-5-1)30-19-12-20-31(23-30)38-37-35-21-10-11-22-36(35)43-40(37)42-39(41-38)34-25-32(28-15-6-2-7-16-28)24-33(26-34)29-17-8-3-9-18-29;1-4-12-27(13-5-1)30-20-22-31(23-21-30)38-37-35-18-10-11-19-36(35)43-40(37)42-39(41-38)34-25-32(28-14-6-2-7-15-28)24-33(26-34)29-16-8-3-9-17-29/h1-30H;2*1-26H. The largest absolute Gasteiger partial charge is 0.438 e. The van der Waals surface area contributed by atoms with Gasteiger partial charge in [-0.3, -0.25) is 0 Å². The van der Waals surface area contributed by atoms with Crippen molar-refractivity contribution in [1.29, 1.82) is 0 Å². The number of fused-ring (bicyclic) bond motifs is 9. The summed E-state index contributed by atoms with van der Waals surface area (Å²) in [4.78, 5) is 30.8. The molecule has 6 aromatic heterocycles. The molecule has 19 aromatic carbocycles. The molecule has 25 rings (SSSR count). The van der Waals surface area contributed by atoms with Crippen LogP contribution in [0.15, 0.2) is 511 Å². The smallest absolute Gasteiger partial charge is 0.231 e. The van der Waals surface area contributed by atoms with Crippen molar-refractivity contribution in [2.75, 3.05) is 0 Å². The summed E-state index contributed by atoms with van der Waals surface area (Å²) in [5.41, 5.74) is 35.7. The quantitative estimate of drug-likeness (QED) is 0.0932. The van der Waals surface area contributed by atoms with Crippen molar-refractivity contribution in [3.8, 4) is 179 Å². The third kappa shape index (κ3) is 16.8. The fourth-order valence-electron chi connectivity index (χ4n) is 18.1. The van der Waals surface area contributed by atoms with Crippen LogP contribution in [0.4, 0.5) is 0 Å². The average molecular weight is 1730 g/mol. The Morgan fingerprint density at radius 2 is 0.296 bits per heavy atom. The minimum atomic E-state index is 0.581. The summed E-state index contributed by atoms with van der Waals surface area (Å²) in [6, 6.07) is 173. The maximum Gasteiger partial charge on any atom is 0.231 e. The molecule has 25 aromatic rings. The molecule has 0 unspecified atom stereocenters. The molecule has 0 aliphatic carbocycles. The van der Waals surface area contributed by atoms with Gasteiger partial charge in [0.15, 0.2) is 17.5 Å². The maximum atomic E-state index is 6.37. The molecule has 9 heteroatoms. The highest BCUT2D eigenvalue weighted by Crippen LogP contribution is 2.45. The SMILES string of the molecule is c1ccc(-c2cc(-c3ccccc3)cc(-c3nc(-c4cccc(-c5ccccc5)c4)c4c(n3)oc3ccccc34)c2)cc1.c1ccc(-c2ccc(-c3ccc(-c4nc(-c5ccc(-c6ccc(-c7ccccc7)cc6)cc5)c5c(n4)oc4ccccc45)cc3)cc2)cc1.c1ccc(-c2ccc(-c3nc(-c4cc(-c5ccccc5)cc(-c5ccccc5)c4)nc4oc5ccccc5c34)cc2)cc1. The van der Waals surface area contributed by atoms with E-state index in [4.69, 9.17) is 43.2 Å². The van der Waals surface area contributed by atoms with E-state index in [1.807, 2.05) is 103 Å². The number of nitrogens with zero attached hydrogens (tertiary/aromatic N) is 6. The van der Waals surface area contributed by atoms with E-state index >= 15 is 0 Å². The first kappa shape index (κ1) is 81.3. The van der Waals surface area contributed by atoms with Gasteiger partial charge in [-0.25, -0.2) is 15.0 Å². The van der Waals surface area contributed by atoms with Crippen LogP contribution in [0.25, 0.3) is 245 Å². The van der Waals surface area contributed by atoms with Gasteiger partial charge in [0.1, 0.15) is 16.7 Å². The van der Waals surface area contributed by atoms with Gasteiger partial charge in [0.05, 0.1) is 33.2 Å². The van der Waals surface area contributed by atoms with Crippen LogP contribution in [0.2, 0.25) is 0 Å². The Kier molecular flexibility index (Phi) is 21.9. The average Bonchev–Trinajstić information content (AvgIpc) is 1.28. The van der Waals surface area contributed by atoms with Gasteiger partial charge in [0.25, 0.3) is 0 Å². The van der Waals surface area contributed by atoms with Gasteiger partial charge in [-0.05, 0) is 172 Å². The van der Waals surface area contributed by atoms with Crippen LogP contribution in [0.1, 0.15) is 0 Å². The first-order chi connectivity index (χ1) is 66.9. The summed E-state index contributed by atoms with van der Waals surface area (Å²) in [6.07, 6.45) is 0. The minimum Gasteiger partial charge on any atom is -0.438 e. The molecule has 0 saturated carbocycles. The Balaban J connectivity index is 0.000000114. The Morgan fingerprint density at radius 1 is 0.119 bits per heavy atom. The second-order valence-electron chi connectivity index (χ2n) is 33.5. The molecule has 0 N–H and O–H groups in total. The van der Waals surface area contributed by atoms with E-state index < -0.39 is 0 Å². The van der Waals surface area contributed by atoms with Crippen molar-refractivity contribution in [2.24, 2.45) is 0 Å². The maximum absolute atomic E-state index is 6.37. The number of hydrogen-bond donors (Lipinski definition) is 0. The highest BCUT2D eigenvalue weighted by molar-refractivity contribution is 6.13. The lowest BCUT2D eigenvalue weighted by atomic mass is 9.95. The summed E-state index contributed by atoms with van der Waals surface area (Å²) in [5.74, 6) is 1.89. The van der Waals surface area contributed by atoms with Crippen molar-refractivity contribution >= 4 is 66.2 Å². The van der Waals surface area contributed by atoms with E-state index in [-0.39, 0.29) is 0 Å². The number of hydrogen-bond acceptors (Lipinski definition) is 9. The van der Waals surface area contributed by atoms with E-state index in [9.17, 15) is 0 Å². The fourth-order valence-corrected chi connectivity index (χ4v) is 18.1. The van der Waals surface area contributed by atoms with Crippen molar-refractivity contribution in [3.63, 3.8) is 0 Å². The van der Waals surface area contributed by atoms with Gasteiger partial charge in [0, 0.05) is 49.5 Å². The van der Waals surface area contributed by atoms with Crippen molar-refractivity contribution in [2.45, 2.75) is 0 Å². The number of rotatable bonds is 16. The zero-order valence-corrected chi connectivity index (χ0v) is 73.3. The second kappa shape index (κ2) is 36.4. The number of para-hydroxylation sites is 3. The highest BCUT2D eigenvalue weighted by atomic mass is 16.3. The van der Waals surface area contributed by atoms with Crippen LogP contribution in [-0.2, 0) is 0 Å². The highest BCUT2D eigenvalue weighted by Gasteiger charge is 2.25. The van der Waals surface area contributed by atoms with Crippen LogP contribution in [0, 0.1) is 0 Å². The van der Waals surface area contributed by atoms with Crippen molar-refractivity contribution in [1.82, 2.24) is 29.9 Å². The van der Waals surface area contributed by atoms with Crippen LogP contribution in [0.5, 0.6) is 0 Å². The number of furan rings is 3. The van der Waals surface area contributed by atoms with Crippen LogP contribution < -0.4 is 0 Å². The third-order valence-corrected chi connectivity index (χ3v) is 25.0. The monoisotopic (exact) mass is 1730 g/mol. The molecule has 0 spiro atoms. The Bertz CT molecular complexity index is 8440. The molecule has 0 fully saturated rings. The van der Waals surface area contributed by atoms with Gasteiger partial charge in [-0.1, -0.05) is 437 Å². The molecule has 0 saturated heterocycles. The molecule has 0 aliphatic rings. The molecular formula is C126H82N6O3. The molecule has 135 heavy (non-hydrogen) atoms. The first-order valence-corrected chi connectivity index (χ1v) is 45.3. The fraction of sp³-hybridized carbons (Fsp3) is 0. The summed E-state index contributed by atoms with van der Waals surface area (Å²) >= 11 is 0. The van der Waals surface area contributed by atoms with Crippen LogP contribution in [-0.4, -0.2) is 29.9 Å². The van der Waals surface area contributed by atoms with Crippen molar-refractivity contribution < 1.29 is 13.3 Å². The second-order valence-corrected chi connectivity index (χ2v) is 33.5. The topological polar surface area (TPSA) is 117 Å². The molecular weight excluding hydrogens is 1650 g/mol. The molecule has 9 nitrogen and oxygen atoms in total. The lowest BCUT2D eigenvalue weighted by molar-refractivity contribution is 0.653. The van der Waals surface area contributed by atoms with E-state index in [2.05, 4.69) is 394 Å². The van der Waals surface area contributed by atoms with E-state index in [1.165, 1.54) is 33.4 Å². The zero-order chi connectivity index (χ0) is 89.8. The van der Waals surface area contributed by atoms with Crippen LogP contribution >= 0.6 is 0 Å². The van der Waals surface area contributed by atoms with E-state index in [0.717, 1.165) is 177 Å². The van der Waals surface area contributed by atoms with E-state index in [0.29, 0.717) is 34.6 Å². The molecule has 0 bridgehead atoms. The minimum absolute atomic E-state index is 0.581. The predicted octanol–water partition coefficient (Wildman–Crippen LogP) is 33.8. The van der Waals surface area contributed by atoms with Gasteiger partial charge >= 0.3 is 0 Å². The first-order valence-electron chi connectivity index (χ1n) is 45.3. The zero-order valence-electron chi connectivity index (χ0n) is 73.3. The third-order valence-electron chi connectivity index (χ3n) is 25.0. The van der Waals surface area contributed by atoms with Gasteiger partial charge in [-0.2, -0.15) is 15.0 Å². The molecule has 6 heterocycles.